The van der Waals surface area contributed by atoms with E-state index in [1.54, 1.807) is 48.5 Å². The van der Waals surface area contributed by atoms with Gasteiger partial charge in [-0.25, -0.2) is 18.7 Å². The van der Waals surface area contributed by atoms with Gasteiger partial charge < -0.3 is 28.8 Å². The quantitative estimate of drug-likeness (QED) is 0.0883. The number of phosphoric ester groups is 2. The van der Waals surface area contributed by atoms with E-state index in [2.05, 4.69) is 16.8 Å². The number of aromatic amines is 2. The van der Waals surface area contributed by atoms with E-state index >= 15 is 0 Å². The minimum atomic E-state index is -4.25. The van der Waals surface area contributed by atoms with Gasteiger partial charge in [-0.2, -0.15) is 0 Å². The molecule has 69 heavy (non-hydrogen) atoms. The van der Waals surface area contributed by atoms with Gasteiger partial charge in [-0.15, -0.1) is 12.8 Å². The van der Waals surface area contributed by atoms with Crippen LogP contribution >= 0.6 is 15.6 Å². The molecule has 3 N–H and O–H groups in total. The third-order valence-electron chi connectivity index (χ3n) is 10.7. The zero-order valence-corrected chi connectivity index (χ0v) is 40.6. The molecule has 0 amide bonds. The van der Waals surface area contributed by atoms with Crippen LogP contribution in [0.15, 0.2) is 43.7 Å². The molecule has 4 aliphatic rings. The molecule has 27 heteroatoms. The van der Waals surface area contributed by atoms with E-state index in [-0.39, 0.29) is 57.9 Å². The van der Waals surface area contributed by atoms with Crippen LogP contribution in [-0.2, 0) is 74.3 Å². The maximum atomic E-state index is 13.3. The first-order valence-electron chi connectivity index (χ1n) is 21.8. The van der Waals surface area contributed by atoms with Crippen LogP contribution in [0.3, 0.4) is 0 Å². The first-order chi connectivity index (χ1) is 32.4. The number of terminal acetylenes is 2. The van der Waals surface area contributed by atoms with Gasteiger partial charge in [0.15, 0.2) is 24.2 Å². The molecule has 2 aromatic rings. The maximum absolute atomic E-state index is 13.3. The standard InChI is InChI=1S/C23H31N2O11P.C19H25N2O10P/c1-6-8-18(27)35-23(7-2)19-16(34-21(23)25-11-9-17(26)24-22(25)29)13-32-37(30,36-19)31-12-10-15(5)20(28)33-14(3)4;1-5-19(25)15-13(30-17(19)21-8-6-14(22)20-18(21)24)10-28-32(26,31-15)27-9-7-12(4)16(23)29-11(2)3/h2,9,11,14-16,19,21H,6,8,10,12-13H2,1,3-5H3,(H,24,26,29);1,6,8,11-13,15,17,25H,7,9-10H2,2-4H3,(H,20,22,24)/t15-,16+,19+,21+,23+,37-;12-,13+,15+,17+,19+,32-/m00/s1. The summed E-state index contributed by atoms with van der Waals surface area (Å²) in [7, 11) is -8.41. The number of hydrogen-bond acceptors (Lipinski definition) is 21. The van der Waals surface area contributed by atoms with Gasteiger partial charge >= 0.3 is 44.9 Å². The molecule has 25 nitrogen and oxygen atoms in total. The van der Waals surface area contributed by atoms with Crippen molar-refractivity contribution in [2.24, 2.45) is 11.8 Å². The maximum Gasteiger partial charge on any atom is 0.475 e. The van der Waals surface area contributed by atoms with Crippen molar-refractivity contribution in [1.29, 1.82) is 0 Å². The molecule has 0 aromatic carbocycles. The van der Waals surface area contributed by atoms with Crippen molar-refractivity contribution >= 4 is 33.6 Å². The van der Waals surface area contributed by atoms with Crippen molar-refractivity contribution in [2.75, 3.05) is 26.4 Å². The smallest absolute Gasteiger partial charge is 0.463 e. The second-order valence-corrected chi connectivity index (χ2v) is 20.0. The number of fused-ring (bicyclic) bond motifs is 2. The summed E-state index contributed by atoms with van der Waals surface area (Å²) in [6, 6.07) is 2.12. The van der Waals surface area contributed by atoms with Gasteiger partial charge in [0.25, 0.3) is 11.1 Å². The van der Waals surface area contributed by atoms with Crippen LogP contribution in [0, 0.1) is 36.5 Å². The number of hydrogen-bond donors (Lipinski definition) is 3. The number of nitrogens with zero attached hydrogens (tertiary/aromatic N) is 2. The lowest BCUT2D eigenvalue weighted by Crippen LogP contribution is -2.53. The van der Waals surface area contributed by atoms with Gasteiger partial charge in [0, 0.05) is 30.9 Å². The van der Waals surface area contributed by atoms with E-state index in [0.29, 0.717) is 6.42 Å². The molecule has 0 bridgehead atoms. The number of esters is 3. The van der Waals surface area contributed by atoms with Gasteiger partial charge in [-0.05, 0) is 47.0 Å². The molecular formula is C42H56N4O21P2. The Bertz CT molecular complexity index is 2610. The second kappa shape index (κ2) is 22.8. The molecule has 2 aromatic heterocycles. The molecule has 6 rings (SSSR count). The first kappa shape index (κ1) is 54.9. The highest BCUT2D eigenvalue weighted by atomic mass is 31.2. The lowest BCUT2D eigenvalue weighted by Gasteiger charge is -2.36. The summed E-state index contributed by atoms with van der Waals surface area (Å²) in [6.07, 6.45) is 6.31. The average Bonchev–Trinajstić information content (AvgIpc) is 3.73. The summed E-state index contributed by atoms with van der Waals surface area (Å²) in [5.74, 6) is 1.88. The Balaban J connectivity index is 0.000000260. The van der Waals surface area contributed by atoms with E-state index in [4.69, 9.17) is 63.7 Å². The molecule has 0 unspecified atom stereocenters. The lowest BCUT2D eigenvalue weighted by atomic mass is 9.94. The molecule has 380 valence electrons. The number of phosphoric acid groups is 2. The highest BCUT2D eigenvalue weighted by Crippen LogP contribution is 2.60. The van der Waals surface area contributed by atoms with Crippen LogP contribution in [0.2, 0.25) is 0 Å². The van der Waals surface area contributed by atoms with Gasteiger partial charge in [-0.3, -0.25) is 70.2 Å². The van der Waals surface area contributed by atoms with Crippen molar-refractivity contribution in [3.05, 3.63) is 66.2 Å². The molecule has 4 saturated heterocycles. The summed E-state index contributed by atoms with van der Waals surface area (Å²) in [6.45, 7) is 11.0. The van der Waals surface area contributed by atoms with E-state index in [9.17, 15) is 47.8 Å². The number of carbonyl (C=O) groups is 3. The monoisotopic (exact) mass is 1010 g/mol. The van der Waals surface area contributed by atoms with Gasteiger partial charge in [0.1, 0.15) is 18.3 Å². The number of aromatic nitrogens is 4. The highest BCUT2D eigenvalue weighted by molar-refractivity contribution is 7.48. The van der Waals surface area contributed by atoms with Crippen molar-refractivity contribution < 1.29 is 79.4 Å². The molecule has 0 radical (unpaired) electrons. The second-order valence-electron chi connectivity index (χ2n) is 16.8. The summed E-state index contributed by atoms with van der Waals surface area (Å²) in [5.41, 5.74) is -7.30. The fourth-order valence-corrected chi connectivity index (χ4v) is 10.0. The largest absolute Gasteiger partial charge is 0.475 e. The van der Waals surface area contributed by atoms with Crippen LogP contribution in [0.1, 0.15) is 86.6 Å². The molecule has 4 fully saturated rings. The molecule has 6 heterocycles. The lowest BCUT2D eigenvalue weighted by molar-refractivity contribution is -0.170. The average molecular weight is 1010 g/mol. The third kappa shape index (κ3) is 12.9. The van der Waals surface area contributed by atoms with Gasteiger partial charge in [0.05, 0.1) is 50.5 Å². The van der Waals surface area contributed by atoms with Crippen LogP contribution in [0.25, 0.3) is 0 Å². The van der Waals surface area contributed by atoms with Crippen molar-refractivity contribution in [2.45, 2.75) is 134 Å². The Morgan fingerprint density at radius 1 is 0.768 bits per heavy atom. The topological polar surface area (TPSA) is 317 Å². The molecule has 12 atom stereocenters. The van der Waals surface area contributed by atoms with Gasteiger partial charge in [-0.1, -0.05) is 32.6 Å². The predicted octanol–water partition coefficient (Wildman–Crippen LogP) is 1.98. The summed E-state index contributed by atoms with van der Waals surface area (Å²) < 4.78 is 87.8. The zero-order valence-electron chi connectivity index (χ0n) is 38.8. The van der Waals surface area contributed by atoms with E-state index in [1.165, 1.54) is 0 Å². The molecule has 0 saturated carbocycles. The van der Waals surface area contributed by atoms with Crippen LogP contribution in [0.4, 0.5) is 0 Å². The molecule has 0 aliphatic carbocycles. The fourth-order valence-electron chi connectivity index (χ4n) is 7.15. The Labute approximate surface area is 394 Å². The van der Waals surface area contributed by atoms with Crippen LogP contribution in [0.5, 0.6) is 0 Å². The zero-order chi connectivity index (χ0) is 51.1. The molecule has 4 aliphatic heterocycles. The fraction of sp³-hybridized carbons (Fsp3) is 0.643. The summed E-state index contributed by atoms with van der Waals surface area (Å²) in [5, 5.41) is 11.1. The third-order valence-corrected chi connectivity index (χ3v) is 13.6. The number of nitrogens with one attached hydrogen (secondary N) is 2. The summed E-state index contributed by atoms with van der Waals surface area (Å²) in [4.78, 5) is 88.1. The normalized spacial score (nSPS) is 31.2. The number of H-pyrrole nitrogens is 2. The number of rotatable bonds is 17. The number of ether oxygens (including phenoxy) is 5. The van der Waals surface area contributed by atoms with Crippen molar-refractivity contribution in [3.63, 3.8) is 0 Å². The number of aliphatic hydroxyl groups is 1. The minimum absolute atomic E-state index is 0.00306. The van der Waals surface area contributed by atoms with E-state index in [0.717, 1.165) is 33.7 Å². The number of carbonyl (C=O) groups excluding carboxylic acids is 3. The Kier molecular flexibility index (Phi) is 18.2. The van der Waals surface area contributed by atoms with Gasteiger partial charge in [0.2, 0.25) is 5.60 Å². The predicted molar refractivity (Wildman–Crippen MR) is 236 cm³/mol. The Hall–Kier alpha value is -5.01. The van der Waals surface area contributed by atoms with Crippen molar-refractivity contribution in [3.8, 4) is 24.7 Å². The minimum Gasteiger partial charge on any atom is -0.463 e. The molecular weight excluding hydrogens is 958 g/mol. The van der Waals surface area contributed by atoms with E-state index < -0.39 is 116 Å². The van der Waals surface area contributed by atoms with E-state index in [1.807, 2.05) is 4.98 Å². The Morgan fingerprint density at radius 3 is 1.65 bits per heavy atom. The highest BCUT2D eigenvalue weighted by Gasteiger charge is 2.66. The van der Waals surface area contributed by atoms with Crippen molar-refractivity contribution in [1.82, 2.24) is 19.1 Å². The summed E-state index contributed by atoms with van der Waals surface area (Å²) >= 11 is 0. The van der Waals surface area contributed by atoms with Crippen LogP contribution in [-0.4, -0.2) is 116 Å². The van der Waals surface area contributed by atoms with Crippen LogP contribution < -0.4 is 22.5 Å². The Morgan fingerprint density at radius 2 is 1.22 bits per heavy atom. The molecule has 0 spiro atoms. The SMILES string of the molecule is C#C[C@@]1(O)[C@@H]2O[P@@](=O)(OCC[C@H](C)C(=O)OC(C)C)OC[C@H]2O[C@H]1n1ccc(=O)[nH]c1=O.C#C[C@@]1(OC(=O)CCC)[C@@H]2O[P@@](=O)(OCC[C@H](C)C(=O)OC(C)C)OC[C@H]2O[C@H]1n1ccc(=O)[nH]c1=O. The first-order valence-corrected chi connectivity index (χ1v) is 24.7.